The van der Waals surface area contributed by atoms with E-state index < -0.39 is 33.5 Å². The van der Waals surface area contributed by atoms with Crippen LogP contribution in [-0.2, 0) is 31.6 Å². The number of carboxylic acid groups (broad SMARTS) is 1. The van der Waals surface area contributed by atoms with Gasteiger partial charge >= 0.3 is 5.97 Å². The quantitative estimate of drug-likeness (QED) is 0.460. The number of fused-ring (bicyclic) bond motifs is 1. The standard InChI is InChI=1S/C23H19Cl2N5O5S/c1-13(20(31)32)28-36(34,35)19-12-27-22-29(18-8-16(24)7-17(25)9-18)21(33)23(2,30(19)22)10-14-3-5-15(11-26)6-4-14/h3-9,12-13,28H,10H2,1-2H3,(H,31,32)/t13-,23+/m0/s1. The van der Waals surface area contributed by atoms with Crippen molar-refractivity contribution in [2.24, 2.45) is 0 Å². The summed E-state index contributed by atoms with van der Waals surface area (Å²) in [6, 6.07) is 11.6. The lowest BCUT2D eigenvalue weighted by atomic mass is 9.91. The van der Waals surface area contributed by atoms with Gasteiger partial charge in [0.05, 0.1) is 23.5 Å². The first-order chi connectivity index (χ1) is 16.9. The Hall–Kier alpha value is -3.43. The fourth-order valence-corrected chi connectivity index (χ4v) is 5.98. The van der Waals surface area contributed by atoms with Gasteiger partial charge in [0.1, 0.15) is 11.6 Å². The van der Waals surface area contributed by atoms with Crippen LogP contribution in [-0.4, -0.2) is 41.0 Å². The molecule has 0 unspecified atom stereocenters. The topological polar surface area (TPSA) is 145 Å². The molecule has 186 valence electrons. The number of sulfonamides is 1. The van der Waals surface area contributed by atoms with Gasteiger partial charge < -0.3 is 5.11 Å². The largest absolute Gasteiger partial charge is 0.480 e. The number of nitriles is 1. The highest BCUT2D eigenvalue weighted by Gasteiger charge is 2.52. The van der Waals surface area contributed by atoms with Gasteiger partial charge in [0.2, 0.25) is 5.95 Å². The maximum Gasteiger partial charge on any atom is 0.321 e. The third-order valence-corrected chi connectivity index (χ3v) is 7.72. The molecule has 2 atom stereocenters. The number of benzene rings is 2. The molecule has 2 heterocycles. The summed E-state index contributed by atoms with van der Waals surface area (Å²) in [5.41, 5.74) is -0.129. The number of anilines is 2. The number of amides is 1. The molecule has 1 aromatic heterocycles. The Kier molecular flexibility index (Phi) is 6.57. The first-order valence-corrected chi connectivity index (χ1v) is 12.7. The number of aromatic nitrogens is 2. The highest BCUT2D eigenvalue weighted by molar-refractivity contribution is 7.89. The number of carbonyl (C=O) groups is 2. The van der Waals surface area contributed by atoms with Crippen molar-refractivity contribution in [3.63, 3.8) is 0 Å². The number of nitrogens with one attached hydrogen (secondary N) is 1. The molecule has 2 N–H and O–H groups in total. The molecule has 1 amide bonds. The predicted octanol–water partition coefficient (Wildman–Crippen LogP) is 3.45. The van der Waals surface area contributed by atoms with Crippen LogP contribution < -0.4 is 9.62 Å². The van der Waals surface area contributed by atoms with Crippen LogP contribution in [0.1, 0.15) is 25.0 Å². The van der Waals surface area contributed by atoms with E-state index in [1.54, 1.807) is 31.2 Å². The normalized spacial score (nSPS) is 18.1. The van der Waals surface area contributed by atoms with Gasteiger partial charge in [-0.1, -0.05) is 35.3 Å². The number of aliphatic carboxylic acids is 1. The van der Waals surface area contributed by atoms with Gasteiger partial charge in [-0.3, -0.25) is 14.2 Å². The van der Waals surface area contributed by atoms with Crippen molar-refractivity contribution in [2.75, 3.05) is 4.90 Å². The van der Waals surface area contributed by atoms with Crippen molar-refractivity contribution in [1.82, 2.24) is 14.3 Å². The number of imidazole rings is 1. The minimum Gasteiger partial charge on any atom is -0.480 e. The first kappa shape index (κ1) is 25.7. The lowest BCUT2D eigenvalue weighted by molar-refractivity contribution is -0.138. The van der Waals surface area contributed by atoms with Crippen LogP contribution in [0.15, 0.2) is 53.7 Å². The van der Waals surface area contributed by atoms with Crippen molar-refractivity contribution in [1.29, 1.82) is 5.26 Å². The SMILES string of the molecule is C[C@H](NS(=O)(=O)c1cnc2n1[C@](C)(Cc1ccc(C#N)cc1)C(=O)N2c1cc(Cl)cc(Cl)c1)C(=O)O. The number of carbonyl (C=O) groups excluding carboxylic acids is 1. The zero-order valence-electron chi connectivity index (χ0n) is 18.9. The van der Waals surface area contributed by atoms with Crippen molar-refractivity contribution in [2.45, 2.75) is 36.9 Å². The van der Waals surface area contributed by atoms with E-state index in [9.17, 15) is 23.1 Å². The second kappa shape index (κ2) is 9.22. The van der Waals surface area contributed by atoms with Crippen LogP contribution >= 0.6 is 23.2 Å². The zero-order valence-corrected chi connectivity index (χ0v) is 21.3. The summed E-state index contributed by atoms with van der Waals surface area (Å²) in [4.78, 5) is 30.7. The molecule has 0 bridgehead atoms. The van der Waals surface area contributed by atoms with Crippen LogP contribution in [0, 0.1) is 11.3 Å². The summed E-state index contributed by atoms with van der Waals surface area (Å²) in [6.45, 7) is 2.74. The van der Waals surface area contributed by atoms with Crippen molar-refractivity contribution in [3.8, 4) is 6.07 Å². The van der Waals surface area contributed by atoms with E-state index in [1.807, 2.05) is 6.07 Å². The van der Waals surface area contributed by atoms with Crippen molar-refractivity contribution in [3.05, 3.63) is 69.8 Å². The van der Waals surface area contributed by atoms with Crippen LogP contribution in [0.4, 0.5) is 11.6 Å². The maximum absolute atomic E-state index is 13.9. The number of carboxylic acids is 1. The Morgan fingerprint density at radius 2 is 1.83 bits per heavy atom. The minimum absolute atomic E-state index is 0.00201. The number of rotatable bonds is 7. The molecular weight excluding hydrogens is 529 g/mol. The monoisotopic (exact) mass is 547 g/mol. The van der Waals surface area contributed by atoms with Gasteiger partial charge in [-0.25, -0.2) is 18.3 Å². The molecule has 4 rings (SSSR count). The minimum atomic E-state index is -4.41. The van der Waals surface area contributed by atoms with E-state index >= 15 is 0 Å². The Balaban J connectivity index is 1.90. The molecule has 0 aliphatic carbocycles. The van der Waals surface area contributed by atoms with E-state index in [1.165, 1.54) is 34.6 Å². The summed E-state index contributed by atoms with van der Waals surface area (Å²) in [7, 11) is -4.41. The molecule has 1 aliphatic heterocycles. The van der Waals surface area contributed by atoms with Crippen molar-refractivity contribution < 1.29 is 23.1 Å². The van der Waals surface area contributed by atoms with Gasteiger partial charge in [-0.05, 0) is 49.7 Å². The van der Waals surface area contributed by atoms with Crippen LogP contribution in [0.2, 0.25) is 10.0 Å². The Labute approximate surface area is 216 Å². The Morgan fingerprint density at radius 1 is 1.22 bits per heavy atom. The number of nitrogens with zero attached hydrogens (tertiary/aromatic N) is 4. The lowest BCUT2D eigenvalue weighted by Gasteiger charge is -2.27. The fraction of sp³-hybridized carbons (Fsp3) is 0.217. The number of halogens is 2. The van der Waals surface area contributed by atoms with Gasteiger partial charge in [-0.2, -0.15) is 9.98 Å². The van der Waals surface area contributed by atoms with Gasteiger partial charge in [0.15, 0.2) is 5.03 Å². The fourth-order valence-electron chi connectivity index (χ4n) is 4.06. The van der Waals surface area contributed by atoms with E-state index in [0.29, 0.717) is 11.1 Å². The van der Waals surface area contributed by atoms with Crippen molar-refractivity contribution >= 4 is 56.7 Å². The van der Waals surface area contributed by atoms with E-state index in [4.69, 9.17) is 28.5 Å². The van der Waals surface area contributed by atoms with Gasteiger partial charge in [-0.15, -0.1) is 0 Å². The molecule has 36 heavy (non-hydrogen) atoms. The molecule has 2 aromatic carbocycles. The zero-order chi connectivity index (χ0) is 26.4. The number of hydrogen-bond donors (Lipinski definition) is 2. The smallest absolute Gasteiger partial charge is 0.321 e. The highest BCUT2D eigenvalue weighted by Crippen LogP contribution is 2.44. The third-order valence-electron chi connectivity index (χ3n) is 5.78. The summed E-state index contributed by atoms with van der Waals surface area (Å²) in [5, 5.41) is 18.4. The predicted molar refractivity (Wildman–Crippen MR) is 132 cm³/mol. The first-order valence-electron chi connectivity index (χ1n) is 10.5. The average Bonchev–Trinajstić information content (AvgIpc) is 3.32. The molecule has 3 aromatic rings. The molecule has 0 radical (unpaired) electrons. The highest BCUT2D eigenvalue weighted by atomic mass is 35.5. The van der Waals surface area contributed by atoms with E-state index in [2.05, 4.69) is 9.71 Å². The molecule has 13 heteroatoms. The Bertz CT molecular complexity index is 1510. The second-order valence-electron chi connectivity index (χ2n) is 8.44. The Morgan fingerprint density at radius 3 is 2.39 bits per heavy atom. The molecule has 0 saturated heterocycles. The molecule has 0 fully saturated rings. The molecule has 10 nitrogen and oxygen atoms in total. The van der Waals surface area contributed by atoms with E-state index in [0.717, 1.165) is 6.20 Å². The summed E-state index contributed by atoms with van der Waals surface area (Å²) >= 11 is 12.3. The molecule has 1 aliphatic rings. The van der Waals surface area contributed by atoms with Crippen LogP contribution in [0.5, 0.6) is 0 Å². The van der Waals surface area contributed by atoms with Crippen LogP contribution in [0.3, 0.4) is 0 Å². The molecule has 0 saturated carbocycles. The maximum atomic E-state index is 13.9. The summed E-state index contributed by atoms with van der Waals surface area (Å²) in [6.07, 6.45) is 1.11. The number of hydrogen-bond acceptors (Lipinski definition) is 6. The van der Waals surface area contributed by atoms with Gasteiger partial charge in [0.25, 0.3) is 15.9 Å². The molecular formula is C23H19Cl2N5O5S. The lowest BCUT2D eigenvalue weighted by Crippen LogP contribution is -2.44. The van der Waals surface area contributed by atoms with E-state index in [-0.39, 0.29) is 33.1 Å². The van der Waals surface area contributed by atoms with Gasteiger partial charge in [0, 0.05) is 16.5 Å². The average molecular weight is 548 g/mol. The summed E-state index contributed by atoms with van der Waals surface area (Å²) in [5.74, 6) is -1.87. The second-order valence-corrected chi connectivity index (χ2v) is 11.0. The van der Waals surface area contributed by atoms with Crippen LogP contribution in [0.25, 0.3) is 0 Å². The molecule has 0 spiro atoms. The summed E-state index contributed by atoms with van der Waals surface area (Å²) < 4.78 is 29.8. The third kappa shape index (κ3) is 4.44.